The smallest absolute Gasteiger partial charge is 0.137 e. The van der Waals surface area contributed by atoms with E-state index in [-0.39, 0.29) is 0 Å². The van der Waals surface area contributed by atoms with Gasteiger partial charge in [0.1, 0.15) is 11.5 Å². The number of carbonyl (C=O) groups is 1. The van der Waals surface area contributed by atoms with Gasteiger partial charge in [0.2, 0.25) is 0 Å². The van der Waals surface area contributed by atoms with Crippen LogP contribution in [0, 0.1) is 36.5 Å². The highest BCUT2D eigenvalue weighted by Crippen LogP contribution is 2.57. The molecule has 4 fully saturated rings. The van der Waals surface area contributed by atoms with Crippen molar-refractivity contribution in [1.82, 2.24) is 0 Å². The summed E-state index contributed by atoms with van der Waals surface area (Å²) < 4.78 is 5.26. The highest BCUT2D eigenvalue weighted by atomic mass is 16.5. The Hall–Kier alpha value is -1.31. The zero-order valence-electron chi connectivity index (χ0n) is 14.4. The third kappa shape index (κ3) is 2.93. The van der Waals surface area contributed by atoms with Gasteiger partial charge in [-0.15, -0.1) is 0 Å². The van der Waals surface area contributed by atoms with Crippen molar-refractivity contribution in [3.05, 3.63) is 29.3 Å². The molecule has 1 aromatic carbocycles. The summed E-state index contributed by atoms with van der Waals surface area (Å²) in [5.41, 5.74) is 2.34. The first-order valence-electron chi connectivity index (χ1n) is 9.27. The maximum Gasteiger partial charge on any atom is 0.137 e. The predicted octanol–water partition coefficient (Wildman–Crippen LogP) is 4.58. The second-order valence-electron chi connectivity index (χ2n) is 8.31. The van der Waals surface area contributed by atoms with Crippen LogP contribution in [0.2, 0.25) is 0 Å². The molecule has 0 radical (unpaired) electrons. The summed E-state index contributed by atoms with van der Waals surface area (Å²) in [6.45, 7) is 2.08. The van der Waals surface area contributed by atoms with Crippen molar-refractivity contribution in [2.75, 3.05) is 7.11 Å². The van der Waals surface area contributed by atoms with Crippen LogP contribution in [-0.2, 0) is 11.2 Å². The van der Waals surface area contributed by atoms with E-state index < -0.39 is 0 Å². The van der Waals surface area contributed by atoms with Gasteiger partial charge >= 0.3 is 0 Å². The summed E-state index contributed by atoms with van der Waals surface area (Å²) in [7, 11) is 1.69. The summed E-state index contributed by atoms with van der Waals surface area (Å²) in [5, 5.41) is 0. The van der Waals surface area contributed by atoms with Crippen molar-refractivity contribution in [3.63, 3.8) is 0 Å². The molecule has 0 N–H and O–H groups in total. The first-order valence-corrected chi connectivity index (χ1v) is 9.27. The van der Waals surface area contributed by atoms with Gasteiger partial charge in [0.05, 0.1) is 7.11 Å². The number of ketones is 1. The Balaban J connectivity index is 1.40. The Morgan fingerprint density at radius 1 is 1.09 bits per heavy atom. The van der Waals surface area contributed by atoms with Gasteiger partial charge in [0.15, 0.2) is 0 Å². The molecular weight excluding hydrogens is 284 g/mol. The molecule has 4 saturated carbocycles. The molecule has 0 amide bonds. The van der Waals surface area contributed by atoms with Gasteiger partial charge in [-0.25, -0.2) is 0 Å². The van der Waals surface area contributed by atoms with Gasteiger partial charge in [0.25, 0.3) is 0 Å². The molecule has 0 saturated heterocycles. The fourth-order valence-corrected chi connectivity index (χ4v) is 5.91. The van der Waals surface area contributed by atoms with Crippen molar-refractivity contribution < 1.29 is 9.53 Å². The Morgan fingerprint density at radius 2 is 1.74 bits per heavy atom. The summed E-state index contributed by atoms with van der Waals surface area (Å²) in [6.07, 6.45) is 8.54. The van der Waals surface area contributed by atoms with Crippen LogP contribution in [0.5, 0.6) is 5.75 Å². The van der Waals surface area contributed by atoms with Crippen LogP contribution in [0.1, 0.15) is 49.7 Å². The minimum atomic E-state index is 0.441. The largest absolute Gasteiger partial charge is 0.497 e. The van der Waals surface area contributed by atoms with Crippen LogP contribution >= 0.6 is 0 Å². The molecule has 5 rings (SSSR count). The van der Waals surface area contributed by atoms with E-state index in [1.165, 1.54) is 43.2 Å². The minimum Gasteiger partial charge on any atom is -0.497 e. The average molecular weight is 312 g/mol. The minimum absolute atomic E-state index is 0.441. The third-order valence-corrected chi connectivity index (χ3v) is 6.82. The maximum absolute atomic E-state index is 12.7. The molecule has 2 heteroatoms. The van der Waals surface area contributed by atoms with E-state index in [4.69, 9.17) is 4.74 Å². The van der Waals surface area contributed by atoms with E-state index in [0.29, 0.717) is 18.1 Å². The molecule has 0 heterocycles. The molecule has 4 bridgehead atoms. The predicted molar refractivity (Wildman–Crippen MR) is 91.6 cm³/mol. The standard InChI is InChI=1S/C21H28O2/c1-13-5-20(23-2)4-3-16(13)11-19(22)12-21-17-7-14-6-15(9-17)10-18(21)8-14/h3-5,14-15,17-18,21H,6-12H2,1-2H3. The van der Waals surface area contributed by atoms with Crippen molar-refractivity contribution in [3.8, 4) is 5.75 Å². The van der Waals surface area contributed by atoms with E-state index in [9.17, 15) is 4.79 Å². The molecule has 1 aromatic rings. The molecule has 124 valence electrons. The molecule has 0 aliphatic heterocycles. The number of benzene rings is 1. The quantitative estimate of drug-likeness (QED) is 0.795. The lowest BCUT2D eigenvalue weighted by molar-refractivity contribution is -0.123. The Labute approximate surface area is 139 Å². The number of carbonyl (C=O) groups excluding carboxylic acids is 1. The van der Waals surface area contributed by atoms with E-state index in [1.807, 2.05) is 12.1 Å². The van der Waals surface area contributed by atoms with E-state index >= 15 is 0 Å². The van der Waals surface area contributed by atoms with Gasteiger partial charge in [-0.2, -0.15) is 0 Å². The van der Waals surface area contributed by atoms with Gasteiger partial charge in [0, 0.05) is 12.8 Å². The second kappa shape index (κ2) is 5.96. The number of ether oxygens (including phenoxy) is 1. The van der Waals surface area contributed by atoms with Crippen LogP contribution < -0.4 is 4.74 Å². The van der Waals surface area contributed by atoms with Crippen molar-refractivity contribution in [1.29, 1.82) is 0 Å². The van der Waals surface area contributed by atoms with E-state index in [1.54, 1.807) is 7.11 Å². The summed E-state index contributed by atoms with van der Waals surface area (Å²) in [6, 6.07) is 6.06. The molecule has 0 aromatic heterocycles. The van der Waals surface area contributed by atoms with Crippen LogP contribution in [0.3, 0.4) is 0 Å². The monoisotopic (exact) mass is 312 g/mol. The molecular formula is C21H28O2. The Morgan fingerprint density at radius 3 is 2.30 bits per heavy atom. The van der Waals surface area contributed by atoms with Gasteiger partial charge < -0.3 is 4.74 Å². The number of methoxy groups -OCH3 is 1. The first-order chi connectivity index (χ1) is 11.1. The maximum atomic E-state index is 12.7. The van der Waals surface area contributed by atoms with Gasteiger partial charge in [-0.1, -0.05) is 6.07 Å². The molecule has 0 atom stereocenters. The number of hydrogen-bond donors (Lipinski definition) is 0. The van der Waals surface area contributed by atoms with Crippen LogP contribution in [0.4, 0.5) is 0 Å². The second-order valence-corrected chi connectivity index (χ2v) is 8.31. The van der Waals surface area contributed by atoms with Crippen molar-refractivity contribution >= 4 is 5.78 Å². The van der Waals surface area contributed by atoms with E-state index in [0.717, 1.165) is 35.8 Å². The topological polar surface area (TPSA) is 26.3 Å². The molecule has 0 spiro atoms. The van der Waals surface area contributed by atoms with Crippen molar-refractivity contribution in [2.45, 2.75) is 51.9 Å². The highest BCUT2D eigenvalue weighted by Gasteiger charge is 2.48. The summed E-state index contributed by atoms with van der Waals surface area (Å²) >= 11 is 0. The SMILES string of the molecule is COc1ccc(CC(=O)CC2C3CC4CC(C3)CC2C4)c(C)c1. The lowest BCUT2D eigenvalue weighted by Gasteiger charge is -2.54. The average Bonchev–Trinajstić information content (AvgIpc) is 2.52. The molecule has 4 aliphatic rings. The van der Waals surface area contributed by atoms with Crippen LogP contribution in [0.15, 0.2) is 18.2 Å². The molecule has 23 heavy (non-hydrogen) atoms. The number of hydrogen-bond acceptors (Lipinski definition) is 2. The molecule has 4 aliphatic carbocycles. The van der Waals surface area contributed by atoms with Crippen molar-refractivity contribution in [2.24, 2.45) is 29.6 Å². The normalized spacial score (nSPS) is 34.6. The summed E-state index contributed by atoms with van der Waals surface area (Å²) in [4.78, 5) is 12.7. The molecule has 0 unspecified atom stereocenters. The van der Waals surface area contributed by atoms with E-state index in [2.05, 4.69) is 13.0 Å². The highest BCUT2D eigenvalue weighted by molar-refractivity contribution is 5.81. The molecule has 2 nitrogen and oxygen atoms in total. The lowest BCUT2D eigenvalue weighted by Crippen LogP contribution is -2.45. The third-order valence-electron chi connectivity index (χ3n) is 6.82. The lowest BCUT2D eigenvalue weighted by atomic mass is 9.51. The van der Waals surface area contributed by atoms with Crippen LogP contribution in [-0.4, -0.2) is 12.9 Å². The number of aryl methyl sites for hydroxylation is 1. The van der Waals surface area contributed by atoms with Gasteiger partial charge in [-0.3, -0.25) is 4.79 Å². The summed E-state index contributed by atoms with van der Waals surface area (Å²) in [5.74, 6) is 5.70. The zero-order chi connectivity index (χ0) is 16.0. The number of rotatable bonds is 5. The number of Topliss-reactive ketones (excluding diaryl/α,β-unsaturated/α-hetero) is 1. The fraction of sp³-hybridized carbons (Fsp3) is 0.667. The van der Waals surface area contributed by atoms with Crippen LogP contribution in [0.25, 0.3) is 0 Å². The first kappa shape index (κ1) is 15.2. The fourth-order valence-electron chi connectivity index (χ4n) is 5.91. The zero-order valence-corrected chi connectivity index (χ0v) is 14.4. The Kier molecular flexibility index (Phi) is 3.95. The van der Waals surface area contributed by atoms with Gasteiger partial charge in [-0.05, 0) is 91.9 Å². The Bertz CT molecular complexity index is 576.